The van der Waals surface area contributed by atoms with Crippen LogP contribution in [0.2, 0.25) is 10.0 Å². The number of benzene rings is 2. The number of carbonyl (C=O) groups excluding carboxylic acids is 1. The van der Waals surface area contributed by atoms with E-state index < -0.39 is 6.04 Å². The normalized spacial score (nSPS) is 18.3. The van der Waals surface area contributed by atoms with Gasteiger partial charge in [-0.2, -0.15) is 4.98 Å². The summed E-state index contributed by atoms with van der Waals surface area (Å²) in [5.74, 6) is 1.19. The molecule has 0 bridgehead atoms. The molecule has 2 aromatic carbocycles. The van der Waals surface area contributed by atoms with Crippen LogP contribution in [0.5, 0.6) is 5.75 Å². The fourth-order valence-corrected chi connectivity index (χ4v) is 4.44. The highest BCUT2D eigenvalue weighted by Crippen LogP contribution is 2.41. The topological polar surface area (TPSA) is 80.0 Å². The number of aromatic hydroxyl groups is 1. The Labute approximate surface area is 176 Å². The van der Waals surface area contributed by atoms with Gasteiger partial charge >= 0.3 is 0 Å². The average Bonchev–Trinajstić information content (AvgIpc) is 3.09. The third-order valence-electron chi connectivity index (χ3n) is 5.23. The average molecular weight is 427 g/mol. The lowest BCUT2D eigenvalue weighted by Gasteiger charge is -2.32. The first kappa shape index (κ1) is 18.2. The van der Waals surface area contributed by atoms with Gasteiger partial charge in [-0.15, -0.1) is 5.10 Å². The summed E-state index contributed by atoms with van der Waals surface area (Å²) in [6.07, 6.45) is 2.05. The van der Waals surface area contributed by atoms with Crippen molar-refractivity contribution in [2.24, 2.45) is 0 Å². The summed E-state index contributed by atoms with van der Waals surface area (Å²) in [6, 6.07) is 11.6. The van der Waals surface area contributed by atoms with Gasteiger partial charge in [0.2, 0.25) is 5.95 Å². The van der Waals surface area contributed by atoms with E-state index in [1.54, 1.807) is 41.1 Å². The van der Waals surface area contributed by atoms with Crippen molar-refractivity contribution in [3.63, 3.8) is 0 Å². The Kier molecular flexibility index (Phi) is 4.33. The van der Waals surface area contributed by atoms with Crippen LogP contribution in [0.1, 0.15) is 30.9 Å². The number of anilines is 1. The smallest absolute Gasteiger partial charge is 0.226 e. The molecule has 0 fully saturated rings. The molecule has 0 saturated carbocycles. The molecule has 1 aliphatic heterocycles. The summed E-state index contributed by atoms with van der Waals surface area (Å²) in [5.41, 5.74) is 2.96. The van der Waals surface area contributed by atoms with Crippen LogP contribution in [-0.2, 0) is 4.79 Å². The number of phenolic OH excluding ortho intramolecular Hbond substituents is 1. The summed E-state index contributed by atoms with van der Waals surface area (Å²) < 4.78 is 1.69. The second kappa shape index (κ2) is 6.90. The van der Waals surface area contributed by atoms with Gasteiger partial charge in [0.1, 0.15) is 11.8 Å². The van der Waals surface area contributed by atoms with Crippen molar-refractivity contribution in [1.82, 2.24) is 14.8 Å². The van der Waals surface area contributed by atoms with E-state index in [1.807, 2.05) is 6.07 Å². The Hall–Kier alpha value is -2.83. The van der Waals surface area contributed by atoms with E-state index in [0.29, 0.717) is 39.4 Å². The van der Waals surface area contributed by atoms with Crippen molar-refractivity contribution in [2.45, 2.75) is 25.3 Å². The van der Waals surface area contributed by atoms with Gasteiger partial charge in [-0.05, 0) is 48.7 Å². The first-order chi connectivity index (χ1) is 14.0. The summed E-state index contributed by atoms with van der Waals surface area (Å²) in [5, 5.41) is 18.9. The third kappa shape index (κ3) is 3.09. The maximum Gasteiger partial charge on any atom is 0.226 e. The first-order valence-corrected chi connectivity index (χ1v) is 10.0. The maximum absolute atomic E-state index is 12.8. The Morgan fingerprint density at radius 2 is 2.00 bits per heavy atom. The molecule has 29 heavy (non-hydrogen) atoms. The predicted octanol–water partition coefficient (Wildman–Crippen LogP) is 4.98. The van der Waals surface area contributed by atoms with E-state index in [1.165, 1.54) is 0 Å². The summed E-state index contributed by atoms with van der Waals surface area (Å²) in [4.78, 5) is 17.4. The number of allylic oxidation sites excluding steroid dienone is 2. The minimum atomic E-state index is -0.464. The van der Waals surface area contributed by atoms with E-state index in [9.17, 15) is 9.90 Å². The standard InChI is InChI=1S/C21H16Cl2N4O2/c22-12-7-8-14(15(23)10-12)20-25-21-24-16-5-2-6-17(29)18(16)19(27(21)26-20)11-3-1-4-13(28)9-11/h1,3-4,7-10,19,28H,2,5-6H2,(H,24,25,26)/t19-/m0/s1. The van der Waals surface area contributed by atoms with E-state index in [-0.39, 0.29) is 11.5 Å². The fraction of sp³-hybridized carbons (Fsp3) is 0.190. The van der Waals surface area contributed by atoms with Gasteiger partial charge in [-0.1, -0.05) is 35.3 Å². The SMILES string of the molecule is O=C1CCCC2=C1[C@H](c1cccc(O)c1)n1nc(-c3ccc(Cl)cc3Cl)nc1N2. The molecule has 2 heterocycles. The van der Waals surface area contributed by atoms with Crippen LogP contribution in [0.15, 0.2) is 53.7 Å². The summed E-state index contributed by atoms with van der Waals surface area (Å²) in [7, 11) is 0. The second-order valence-corrected chi connectivity index (χ2v) is 7.96. The van der Waals surface area contributed by atoms with Gasteiger partial charge in [0.25, 0.3) is 0 Å². The van der Waals surface area contributed by atoms with Gasteiger partial charge in [0.15, 0.2) is 11.6 Å². The van der Waals surface area contributed by atoms with Crippen molar-refractivity contribution in [2.75, 3.05) is 5.32 Å². The fourth-order valence-electron chi connectivity index (χ4n) is 3.94. The number of aromatic nitrogens is 3. The number of rotatable bonds is 2. The van der Waals surface area contributed by atoms with Gasteiger partial charge < -0.3 is 10.4 Å². The lowest BCUT2D eigenvalue weighted by molar-refractivity contribution is -0.116. The zero-order valence-electron chi connectivity index (χ0n) is 15.2. The summed E-state index contributed by atoms with van der Waals surface area (Å²) in [6.45, 7) is 0. The van der Waals surface area contributed by atoms with E-state index >= 15 is 0 Å². The molecule has 6 nitrogen and oxygen atoms in total. The minimum Gasteiger partial charge on any atom is -0.508 e. The van der Waals surface area contributed by atoms with Crippen LogP contribution in [0, 0.1) is 0 Å². The molecule has 2 N–H and O–H groups in total. The first-order valence-electron chi connectivity index (χ1n) is 9.25. The molecular weight excluding hydrogens is 411 g/mol. The number of halogens is 2. The third-order valence-corrected chi connectivity index (χ3v) is 5.77. The van der Waals surface area contributed by atoms with Gasteiger partial charge in [0.05, 0.1) is 5.02 Å². The molecule has 0 radical (unpaired) electrons. The van der Waals surface area contributed by atoms with Crippen molar-refractivity contribution < 1.29 is 9.90 Å². The molecule has 146 valence electrons. The largest absolute Gasteiger partial charge is 0.508 e. The quantitative estimate of drug-likeness (QED) is 0.603. The molecule has 0 spiro atoms. The highest BCUT2D eigenvalue weighted by Gasteiger charge is 2.37. The molecule has 0 amide bonds. The van der Waals surface area contributed by atoms with Crippen molar-refractivity contribution in [1.29, 1.82) is 0 Å². The van der Waals surface area contributed by atoms with Crippen LogP contribution in [0.25, 0.3) is 11.4 Å². The molecule has 1 aliphatic carbocycles. The molecule has 0 unspecified atom stereocenters. The van der Waals surface area contributed by atoms with Crippen molar-refractivity contribution in [3.05, 3.63) is 69.3 Å². The molecule has 1 atom stereocenters. The van der Waals surface area contributed by atoms with E-state index in [2.05, 4.69) is 15.4 Å². The molecular formula is C21H16Cl2N4O2. The van der Waals surface area contributed by atoms with Gasteiger partial charge in [-0.25, -0.2) is 4.68 Å². The predicted molar refractivity (Wildman–Crippen MR) is 111 cm³/mol. The Morgan fingerprint density at radius 1 is 1.14 bits per heavy atom. The lowest BCUT2D eigenvalue weighted by atomic mass is 9.85. The van der Waals surface area contributed by atoms with Crippen LogP contribution in [0.3, 0.4) is 0 Å². The van der Waals surface area contributed by atoms with Crippen LogP contribution >= 0.6 is 23.2 Å². The Morgan fingerprint density at radius 3 is 2.79 bits per heavy atom. The maximum atomic E-state index is 12.8. The number of hydrogen-bond acceptors (Lipinski definition) is 5. The van der Waals surface area contributed by atoms with Crippen LogP contribution in [0.4, 0.5) is 5.95 Å². The molecule has 0 saturated heterocycles. The number of carbonyl (C=O) groups is 1. The highest BCUT2D eigenvalue weighted by molar-refractivity contribution is 6.36. The van der Waals surface area contributed by atoms with Crippen molar-refractivity contribution >= 4 is 34.9 Å². The molecule has 5 rings (SSSR count). The molecule has 3 aromatic rings. The highest BCUT2D eigenvalue weighted by atomic mass is 35.5. The second-order valence-electron chi connectivity index (χ2n) is 7.12. The number of fused-ring (bicyclic) bond motifs is 1. The zero-order chi connectivity index (χ0) is 20.1. The van der Waals surface area contributed by atoms with E-state index in [0.717, 1.165) is 24.1 Å². The number of phenols is 1. The van der Waals surface area contributed by atoms with Crippen LogP contribution < -0.4 is 5.32 Å². The Bertz CT molecular complexity index is 1190. The number of hydrogen-bond donors (Lipinski definition) is 2. The molecule has 1 aromatic heterocycles. The Balaban J connectivity index is 1.69. The molecule has 2 aliphatic rings. The number of nitrogens with one attached hydrogen (secondary N) is 1. The monoisotopic (exact) mass is 426 g/mol. The van der Waals surface area contributed by atoms with Gasteiger partial charge in [0, 0.05) is 28.3 Å². The number of ketones is 1. The van der Waals surface area contributed by atoms with E-state index in [4.69, 9.17) is 23.2 Å². The molecule has 8 heteroatoms. The zero-order valence-corrected chi connectivity index (χ0v) is 16.7. The van der Waals surface area contributed by atoms with Crippen molar-refractivity contribution in [3.8, 4) is 17.1 Å². The summed E-state index contributed by atoms with van der Waals surface area (Å²) >= 11 is 12.4. The number of Topliss-reactive ketones (excluding diaryl/α,β-unsaturated/α-hetero) is 1. The number of nitrogens with zero attached hydrogens (tertiary/aromatic N) is 3. The van der Waals surface area contributed by atoms with Crippen LogP contribution in [-0.4, -0.2) is 25.7 Å². The minimum absolute atomic E-state index is 0.0827. The lowest BCUT2D eigenvalue weighted by Crippen LogP contribution is -2.31. The van der Waals surface area contributed by atoms with Gasteiger partial charge in [-0.3, -0.25) is 4.79 Å².